The molecule has 0 saturated heterocycles. The molecule has 80 valence electrons. The van der Waals surface area contributed by atoms with Crippen LogP contribution in [0.5, 0.6) is 0 Å². The number of nitrogens with two attached hydrogens (primary N) is 1. The lowest BCUT2D eigenvalue weighted by molar-refractivity contribution is 0.385. The van der Waals surface area contributed by atoms with Crippen molar-refractivity contribution in [2.24, 2.45) is 11.7 Å². The van der Waals surface area contributed by atoms with Crippen LogP contribution in [0, 0.1) is 5.92 Å². The third-order valence-corrected chi connectivity index (χ3v) is 2.51. The van der Waals surface area contributed by atoms with Gasteiger partial charge in [-0.2, -0.15) is 0 Å². The fourth-order valence-electron chi connectivity index (χ4n) is 1.31. The van der Waals surface area contributed by atoms with Crippen LogP contribution in [0.4, 0.5) is 0 Å². The first-order chi connectivity index (χ1) is 6.07. The van der Waals surface area contributed by atoms with E-state index in [1.807, 2.05) is 0 Å². The van der Waals surface area contributed by atoms with E-state index in [9.17, 15) is 0 Å². The van der Waals surface area contributed by atoms with E-state index in [0.717, 1.165) is 6.54 Å². The second-order valence-corrected chi connectivity index (χ2v) is 4.35. The van der Waals surface area contributed by atoms with Crippen molar-refractivity contribution in [3.05, 3.63) is 0 Å². The monoisotopic (exact) mass is 186 g/mol. The van der Waals surface area contributed by atoms with E-state index >= 15 is 0 Å². The van der Waals surface area contributed by atoms with Crippen LogP contribution < -0.4 is 11.1 Å². The predicted molar refractivity (Wildman–Crippen MR) is 59.8 cm³/mol. The number of nitrogens with one attached hydrogen (secondary N) is 1. The molecule has 2 nitrogen and oxygen atoms in total. The largest absolute Gasteiger partial charge is 0.326 e. The Kier molecular flexibility index (Phi) is 7.29. The van der Waals surface area contributed by atoms with Gasteiger partial charge in [0.1, 0.15) is 0 Å². The van der Waals surface area contributed by atoms with Crippen molar-refractivity contribution < 1.29 is 0 Å². The lowest BCUT2D eigenvalue weighted by Crippen LogP contribution is -2.41. The quantitative estimate of drug-likeness (QED) is 0.639. The minimum Gasteiger partial charge on any atom is -0.326 e. The van der Waals surface area contributed by atoms with E-state index < -0.39 is 0 Å². The average molecular weight is 186 g/mol. The zero-order valence-electron chi connectivity index (χ0n) is 9.64. The van der Waals surface area contributed by atoms with E-state index in [-0.39, 0.29) is 0 Å². The molecule has 0 rings (SSSR count). The molecule has 0 spiro atoms. The molecule has 0 amide bonds. The Morgan fingerprint density at radius 3 is 2.31 bits per heavy atom. The summed E-state index contributed by atoms with van der Waals surface area (Å²) in [6, 6.07) is 0.860. The molecule has 0 aromatic heterocycles. The van der Waals surface area contributed by atoms with Crippen LogP contribution in [0.15, 0.2) is 0 Å². The predicted octanol–water partition coefficient (Wildman–Crippen LogP) is 2.14. The Hall–Kier alpha value is -0.0800. The zero-order chi connectivity index (χ0) is 10.3. The summed E-state index contributed by atoms with van der Waals surface area (Å²) in [5.74, 6) is 0.645. The van der Waals surface area contributed by atoms with E-state index in [4.69, 9.17) is 5.73 Å². The number of unbranched alkanes of at least 4 members (excludes halogenated alkanes) is 1. The molecule has 0 aliphatic heterocycles. The van der Waals surface area contributed by atoms with E-state index in [1.54, 1.807) is 0 Å². The van der Waals surface area contributed by atoms with E-state index in [0.29, 0.717) is 18.0 Å². The molecule has 0 aromatic carbocycles. The van der Waals surface area contributed by atoms with Gasteiger partial charge in [-0.25, -0.2) is 0 Å². The Morgan fingerprint density at radius 1 is 1.23 bits per heavy atom. The molecule has 0 heterocycles. The van der Waals surface area contributed by atoms with Gasteiger partial charge in [0.05, 0.1) is 0 Å². The van der Waals surface area contributed by atoms with Crippen LogP contribution in [0.1, 0.15) is 47.0 Å². The first kappa shape index (κ1) is 12.9. The summed E-state index contributed by atoms with van der Waals surface area (Å²) in [4.78, 5) is 0. The van der Waals surface area contributed by atoms with Gasteiger partial charge in [0, 0.05) is 18.6 Å². The van der Waals surface area contributed by atoms with Crippen molar-refractivity contribution in [2.75, 3.05) is 6.54 Å². The van der Waals surface area contributed by atoms with Gasteiger partial charge in [0.25, 0.3) is 0 Å². The van der Waals surface area contributed by atoms with Crippen molar-refractivity contribution in [2.45, 2.75) is 59.0 Å². The van der Waals surface area contributed by atoms with Gasteiger partial charge in [0.15, 0.2) is 0 Å². The van der Waals surface area contributed by atoms with Gasteiger partial charge in [0.2, 0.25) is 0 Å². The standard InChI is InChI=1S/C11H26N2/c1-5-6-7-10(4)11(12)8-13-9(2)3/h9-11,13H,5-8,12H2,1-4H3. The highest BCUT2D eigenvalue weighted by Crippen LogP contribution is 2.10. The topological polar surface area (TPSA) is 38.0 Å². The summed E-state index contributed by atoms with van der Waals surface area (Å²) in [5, 5.41) is 3.38. The maximum absolute atomic E-state index is 6.04. The molecule has 2 unspecified atom stereocenters. The molecule has 2 atom stereocenters. The van der Waals surface area contributed by atoms with Gasteiger partial charge < -0.3 is 11.1 Å². The van der Waals surface area contributed by atoms with Gasteiger partial charge in [-0.05, 0) is 12.3 Å². The fraction of sp³-hybridized carbons (Fsp3) is 1.00. The zero-order valence-corrected chi connectivity index (χ0v) is 9.64. The maximum atomic E-state index is 6.04. The molecule has 3 N–H and O–H groups in total. The lowest BCUT2D eigenvalue weighted by atomic mass is 9.96. The van der Waals surface area contributed by atoms with Crippen molar-refractivity contribution >= 4 is 0 Å². The summed E-state index contributed by atoms with van der Waals surface area (Å²) in [7, 11) is 0. The minimum atomic E-state index is 0.314. The number of hydrogen-bond donors (Lipinski definition) is 2. The van der Waals surface area contributed by atoms with Crippen LogP contribution >= 0.6 is 0 Å². The van der Waals surface area contributed by atoms with Crippen LogP contribution in [0.2, 0.25) is 0 Å². The maximum Gasteiger partial charge on any atom is 0.0191 e. The number of rotatable bonds is 7. The highest BCUT2D eigenvalue weighted by Gasteiger charge is 2.11. The first-order valence-electron chi connectivity index (χ1n) is 5.56. The summed E-state index contributed by atoms with van der Waals surface area (Å²) >= 11 is 0. The summed E-state index contributed by atoms with van der Waals surface area (Å²) < 4.78 is 0. The molecular weight excluding hydrogens is 160 g/mol. The Labute approximate surface area is 83.3 Å². The molecule has 0 bridgehead atoms. The first-order valence-corrected chi connectivity index (χ1v) is 5.56. The smallest absolute Gasteiger partial charge is 0.0191 e. The Balaban J connectivity index is 3.50. The molecule has 13 heavy (non-hydrogen) atoms. The Morgan fingerprint density at radius 2 is 1.85 bits per heavy atom. The van der Waals surface area contributed by atoms with Gasteiger partial charge in [-0.15, -0.1) is 0 Å². The normalized spacial score (nSPS) is 16.2. The van der Waals surface area contributed by atoms with Crippen LogP contribution in [-0.2, 0) is 0 Å². The van der Waals surface area contributed by atoms with Crippen LogP contribution in [0.3, 0.4) is 0 Å². The highest BCUT2D eigenvalue weighted by atomic mass is 14.9. The average Bonchev–Trinajstić information content (AvgIpc) is 2.10. The van der Waals surface area contributed by atoms with Gasteiger partial charge in [-0.3, -0.25) is 0 Å². The third kappa shape index (κ3) is 7.03. The molecule has 0 saturated carbocycles. The summed E-state index contributed by atoms with van der Waals surface area (Å²) in [5.41, 5.74) is 6.04. The van der Waals surface area contributed by atoms with Gasteiger partial charge in [-0.1, -0.05) is 40.5 Å². The number of hydrogen-bond acceptors (Lipinski definition) is 2. The fourth-order valence-corrected chi connectivity index (χ4v) is 1.31. The molecule has 0 aliphatic rings. The van der Waals surface area contributed by atoms with Gasteiger partial charge >= 0.3 is 0 Å². The highest BCUT2D eigenvalue weighted by molar-refractivity contribution is 4.72. The molecule has 2 heteroatoms. The SMILES string of the molecule is CCCCC(C)C(N)CNC(C)C. The molecule has 0 radical (unpaired) electrons. The summed E-state index contributed by atoms with van der Waals surface area (Å²) in [6.07, 6.45) is 3.84. The van der Waals surface area contributed by atoms with E-state index in [1.165, 1.54) is 19.3 Å². The minimum absolute atomic E-state index is 0.314. The third-order valence-electron chi connectivity index (χ3n) is 2.51. The second-order valence-electron chi connectivity index (χ2n) is 4.35. The van der Waals surface area contributed by atoms with Crippen LogP contribution in [-0.4, -0.2) is 18.6 Å². The van der Waals surface area contributed by atoms with Crippen molar-refractivity contribution in [3.8, 4) is 0 Å². The van der Waals surface area contributed by atoms with E-state index in [2.05, 4.69) is 33.0 Å². The Bertz CT molecular complexity index is 113. The molecule has 0 aromatic rings. The van der Waals surface area contributed by atoms with Crippen molar-refractivity contribution in [1.82, 2.24) is 5.32 Å². The lowest BCUT2D eigenvalue weighted by Gasteiger charge is -2.21. The van der Waals surface area contributed by atoms with Crippen molar-refractivity contribution in [3.63, 3.8) is 0 Å². The van der Waals surface area contributed by atoms with Crippen molar-refractivity contribution in [1.29, 1.82) is 0 Å². The second kappa shape index (κ2) is 7.34. The molecule has 0 aliphatic carbocycles. The van der Waals surface area contributed by atoms with Crippen LogP contribution in [0.25, 0.3) is 0 Å². The molecular formula is C11H26N2. The molecule has 0 fully saturated rings. The summed E-state index contributed by atoms with van der Waals surface area (Å²) in [6.45, 7) is 9.74.